The summed E-state index contributed by atoms with van der Waals surface area (Å²) in [4.78, 5) is 19.2. The number of nitrogens with one attached hydrogen (secondary N) is 1. The van der Waals surface area contributed by atoms with Gasteiger partial charge in [-0.1, -0.05) is 12.1 Å². The number of rotatable bonds is 4. The normalized spacial score (nSPS) is 29.5. The fraction of sp³-hybridized carbons (Fsp3) is 0.469. The van der Waals surface area contributed by atoms with Crippen LogP contribution in [0.4, 0.5) is 14.6 Å². The summed E-state index contributed by atoms with van der Waals surface area (Å²) < 4.78 is 42.4. The van der Waals surface area contributed by atoms with Gasteiger partial charge < -0.3 is 24.8 Å². The van der Waals surface area contributed by atoms with Crippen LogP contribution in [0, 0.1) is 5.82 Å². The minimum atomic E-state index is -0.853. The molecule has 5 unspecified atom stereocenters. The van der Waals surface area contributed by atoms with Crippen LogP contribution in [0.2, 0.25) is 0 Å². The molecule has 5 aliphatic rings. The molecule has 0 radical (unpaired) electrons. The molecule has 0 aliphatic carbocycles. The van der Waals surface area contributed by atoms with Crippen molar-refractivity contribution in [2.75, 3.05) is 37.7 Å². The maximum Gasteiger partial charge on any atom is 0.319 e. The van der Waals surface area contributed by atoms with Crippen LogP contribution < -0.4 is 19.7 Å². The van der Waals surface area contributed by atoms with Gasteiger partial charge in [0.15, 0.2) is 0 Å². The van der Waals surface area contributed by atoms with E-state index in [4.69, 9.17) is 24.4 Å². The van der Waals surface area contributed by atoms with Gasteiger partial charge >= 0.3 is 6.01 Å². The Hall–Kier alpha value is -3.83. The zero-order valence-corrected chi connectivity index (χ0v) is 23.6. The first-order valence-corrected chi connectivity index (χ1v) is 15.3. The molecule has 4 fully saturated rings. The van der Waals surface area contributed by atoms with Crippen molar-refractivity contribution in [3.05, 3.63) is 42.2 Å². The maximum atomic E-state index is 15.2. The number of aromatic nitrogens is 3. The van der Waals surface area contributed by atoms with E-state index in [-0.39, 0.29) is 29.4 Å². The highest BCUT2D eigenvalue weighted by molar-refractivity contribution is 6.01. The minimum absolute atomic E-state index is 0.0107. The van der Waals surface area contributed by atoms with Crippen LogP contribution >= 0.6 is 0 Å². The molecule has 2 bridgehead atoms. The third-order valence-corrected chi connectivity index (χ3v) is 10.2. The van der Waals surface area contributed by atoms with Crippen LogP contribution in [0.15, 0.2) is 36.4 Å². The van der Waals surface area contributed by atoms with Gasteiger partial charge in [-0.05, 0) is 61.9 Å². The van der Waals surface area contributed by atoms with Crippen molar-refractivity contribution < 1.29 is 23.4 Å². The molecular weight excluding hydrogens is 554 g/mol. The summed E-state index contributed by atoms with van der Waals surface area (Å²) in [5.74, 6) is 0.702. The van der Waals surface area contributed by atoms with E-state index < -0.39 is 12.0 Å². The molecule has 4 saturated heterocycles. The number of piperazine rings is 1. The summed E-state index contributed by atoms with van der Waals surface area (Å²) in [6.07, 6.45) is 3.67. The summed E-state index contributed by atoms with van der Waals surface area (Å²) >= 11 is 0. The zero-order valence-electron chi connectivity index (χ0n) is 23.6. The topological polar surface area (TPSA) is 95.9 Å². The summed E-state index contributed by atoms with van der Waals surface area (Å²) in [5.41, 5.74) is 1.11. The summed E-state index contributed by atoms with van der Waals surface area (Å²) in [6.45, 7) is 2.83. The number of phenols is 1. The lowest BCUT2D eigenvalue weighted by Gasteiger charge is -2.40. The number of anilines is 1. The first-order chi connectivity index (χ1) is 20.9. The zero-order chi connectivity index (χ0) is 28.9. The molecule has 43 heavy (non-hydrogen) atoms. The fourth-order valence-corrected chi connectivity index (χ4v) is 8.31. The molecule has 4 aromatic rings. The van der Waals surface area contributed by atoms with Gasteiger partial charge in [-0.25, -0.2) is 13.8 Å². The number of pyridine rings is 1. The van der Waals surface area contributed by atoms with Crippen molar-refractivity contribution >= 4 is 27.5 Å². The highest BCUT2D eigenvalue weighted by Crippen LogP contribution is 2.44. The summed E-state index contributed by atoms with van der Waals surface area (Å²) in [7, 11) is 0. The molecule has 2 aromatic carbocycles. The Morgan fingerprint density at radius 3 is 2.98 bits per heavy atom. The first-order valence-electron chi connectivity index (χ1n) is 15.3. The van der Waals surface area contributed by atoms with E-state index in [0.717, 1.165) is 44.6 Å². The minimum Gasteiger partial charge on any atom is -0.508 e. The van der Waals surface area contributed by atoms with Crippen LogP contribution in [0.3, 0.4) is 0 Å². The van der Waals surface area contributed by atoms with Gasteiger partial charge in [0.2, 0.25) is 5.88 Å². The fourth-order valence-electron chi connectivity index (χ4n) is 8.31. The molecule has 9 nitrogen and oxygen atoms in total. The second-order valence-electron chi connectivity index (χ2n) is 12.8. The number of hydrogen-bond acceptors (Lipinski definition) is 9. The smallest absolute Gasteiger partial charge is 0.319 e. The molecule has 222 valence electrons. The molecule has 0 amide bonds. The number of aromatic hydroxyl groups is 1. The monoisotopic (exact) mass is 586 g/mol. The quantitative estimate of drug-likeness (QED) is 0.362. The maximum absolute atomic E-state index is 15.2. The van der Waals surface area contributed by atoms with Crippen LogP contribution in [-0.4, -0.2) is 87.6 Å². The van der Waals surface area contributed by atoms with E-state index in [9.17, 15) is 9.50 Å². The lowest BCUT2D eigenvalue weighted by molar-refractivity contribution is 0.107. The average Bonchev–Trinajstić information content (AvgIpc) is 3.62. The predicted molar refractivity (Wildman–Crippen MR) is 157 cm³/mol. The third-order valence-electron chi connectivity index (χ3n) is 10.2. The number of phenolic OH excluding ortho intramolecular Hbond substituents is 1. The Bertz CT molecular complexity index is 1790. The molecule has 0 spiro atoms. The molecule has 2 N–H and O–H groups in total. The first kappa shape index (κ1) is 25.6. The SMILES string of the molecule is Oc1cc(-c2cc3nc(OCC45CCCN4CC(F)C5)nc4c3c(n2)OCC2C3CCC(CN42)N3)c2c(F)cccc2c1. The van der Waals surface area contributed by atoms with Crippen molar-refractivity contribution in [1.82, 2.24) is 25.2 Å². The molecule has 5 aliphatic heterocycles. The lowest BCUT2D eigenvalue weighted by Crippen LogP contribution is -2.60. The number of hydrogen-bond donors (Lipinski definition) is 2. The molecule has 11 heteroatoms. The third kappa shape index (κ3) is 3.97. The Balaban J connectivity index is 1.20. The van der Waals surface area contributed by atoms with Crippen molar-refractivity contribution in [3.63, 3.8) is 0 Å². The van der Waals surface area contributed by atoms with Crippen molar-refractivity contribution in [2.45, 2.75) is 61.9 Å². The number of halogens is 2. The van der Waals surface area contributed by atoms with E-state index >= 15 is 4.39 Å². The number of ether oxygens (including phenoxy) is 2. The molecule has 0 saturated carbocycles. The highest BCUT2D eigenvalue weighted by Gasteiger charge is 2.49. The van der Waals surface area contributed by atoms with E-state index in [2.05, 4.69) is 15.1 Å². The second kappa shape index (κ2) is 9.33. The Kier molecular flexibility index (Phi) is 5.57. The van der Waals surface area contributed by atoms with Crippen molar-refractivity contribution in [1.29, 1.82) is 0 Å². The van der Waals surface area contributed by atoms with Gasteiger partial charge in [-0.15, -0.1) is 0 Å². The van der Waals surface area contributed by atoms with E-state index in [1.54, 1.807) is 18.2 Å². The van der Waals surface area contributed by atoms with Gasteiger partial charge in [0.1, 0.15) is 42.2 Å². The van der Waals surface area contributed by atoms with Gasteiger partial charge in [-0.3, -0.25) is 4.90 Å². The number of benzene rings is 2. The predicted octanol–water partition coefficient (Wildman–Crippen LogP) is 4.35. The average molecular weight is 587 g/mol. The second-order valence-corrected chi connectivity index (χ2v) is 12.8. The van der Waals surface area contributed by atoms with Crippen LogP contribution in [0.25, 0.3) is 32.9 Å². The Morgan fingerprint density at radius 2 is 2.05 bits per heavy atom. The van der Waals surface area contributed by atoms with Crippen LogP contribution in [0.1, 0.15) is 32.1 Å². The number of alkyl halides is 1. The number of nitrogens with zero attached hydrogens (tertiary/aromatic N) is 5. The largest absolute Gasteiger partial charge is 0.508 e. The van der Waals surface area contributed by atoms with E-state index in [1.807, 2.05) is 0 Å². The molecule has 2 aromatic heterocycles. The van der Waals surface area contributed by atoms with Crippen LogP contribution in [0.5, 0.6) is 17.6 Å². The molecule has 9 rings (SSSR count). The van der Waals surface area contributed by atoms with Crippen LogP contribution in [-0.2, 0) is 0 Å². The van der Waals surface area contributed by atoms with Gasteiger partial charge in [0.25, 0.3) is 0 Å². The Labute approximate surface area is 246 Å². The van der Waals surface area contributed by atoms with Gasteiger partial charge in [0.05, 0.1) is 22.8 Å². The molecule has 7 heterocycles. The van der Waals surface area contributed by atoms with Gasteiger partial charge in [0, 0.05) is 42.5 Å². The standard InChI is InChI=1S/C32H32F2N6O3/c33-18-12-32(7-2-8-39(32)13-18)16-43-31-37-25-11-24(21-10-20(41)9-17-3-1-4-22(34)27(17)21)36-30-28(25)29(38-31)40-14-19-5-6-23(35-19)26(40)15-42-30/h1,3-4,9-11,18-19,23,26,35,41H,2,5-8,12-16H2. The summed E-state index contributed by atoms with van der Waals surface area (Å²) in [6, 6.07) is 10.5. The van der Waals surface area contributed by atoms with Crippen molar-refractivity contribution in [3.8, 4) is 28.9 Å². The lowest BCUT2D eigenvalue weighted by atomic mass is 9.95. The Morgan fingerprint density at radius 1 is 1.12 bits per heavy atom. The highest BCUT2D eigenvalue weighted by atomic mass is 19.1. The van der Waals surface area contributed by atoms with E-state index in [0.29, 0.717) is 71.0 Å². The van der Waals surface area contributed by atoms with Crippen molar-refractivity contribution in [2.24, 2.45) is 0 Å². The van der Waals surface area contributed by atoms with Gasteiger partial charge in [-0.2, -0.15) is 9.97 Å². The molecule has 5 atom stereocenters. The summed E-state index contributed by atoms with van der Waals surface area (Å²) in [5, 5.41) is 15.9. The number of fused-ring (bicyclic) bond motifs is 7. The van der Waals surface area contributed by atoms with E-state index in [1.165, 1.54) is 18.2 Å². The molecular formula is C32H32F2N6O3.